The molecule has 4 heteroatoms. The minimum atomic E-state index is -0.303. The maximum Gasteiger partial charge on any atom is 0.221 e. The lowest BCUT2D eigenvalue weighted by Crippen LogP contribution is -2.34. The van der Waals surface area contributed by atoms with Gasteiger partial charge in [0.1, 0.15) is 0 Å². The van der Waals surface area contributed by atoms with E-state index in [2.05, 4.69) is 5.32 Å². The third kappa shape index (κ3) is 5.14. The second kappa shape index (κ2) is 6.08. The zero-order valence-corrected chi connectivity index (χ0v) is 9.41. The summed E-state index contributed by atoms with van der Waals surface area (Å²) in [5.74, 6) is 0.578. The van der Waals surface area contributed by atoms with Crippen LogP contribution in [0.25, 0.3) is 0 Å². The molecule has 0 aromatic heterocycles. The van der Waals surface area contributed by atoms with Crippen LogP contribution in [0.3, 0.4) is 0 Å². The lowest BCUT2D eigenvalue weighted by atomic mass is 10.1. The van der Waals surface area contributed by atoms with Crippen molar-refractivity contribution >= 4 is 5.91 Å². The van der Waals surface area contributed by atoms with E-state index in [1.165, 1.54) is 12.8 Å². The van der Waals surface area contributed by atoms with E-state index in [4.69, 9.17) is 5.73 Å². The first-order chi connectivity index (χ1) is 7.13. The first-order valence-electron chi connectivity index (χ1n) is 5.83. The highest BCUT2D eigenvalue weighted by Crippen LogP contribution is 2.32. The van der Waals surface area contributed by atoms with Crippen LogP contribution in [0, 0.1) is 5.92 Å². The van der Waals surface area contributed by atoms with Gasteiger partial charge in [-0.05, 0) is 31.6 Å². The molecule has 1 aliphatic carbocycles. The number of aliphatic hydroxyl groups excluding tert-OH is 1. The third-order valence-corrected chi connectivity index (χ3v) is 2.92. The molecule has 0 radical (unpaired) electrons. The monoisotopic (exact) mass is 214 g/mol. The van der Waals surface area contributed by atoms with E-state index in [1.54, 1.807) is 0 Å². The minimum Gasteiger partial charge on any atom is -0.393 e. The molecule has 0 spiro atoms. The van der Waals surface area contributed by atoms with E-state index < -0.39 is 0 Å². The predicted octanol–water partition coefficient (Wildman–Crippen LogP) is 0.391. The van der Waals surface area contributed by atoms with Crippen molar-refractivity contribution in [3.63, 3.8) is 0 Å². The summed E-state index contributed by atoms with van der Waals surface area (Å²) >= 11 is 0. The summed E-state index contributed by atoms with van der Waals surface area (Å²) < 4.78 is 0. The summed E-state index contributed by atoms with van der Waals surface area (Å²) in [6.07, 6.45) is 3.82. The van der Waals surface area contributed by atoms with Crippen LogP contribution < -0.4 is 11.1 Å². The van der Waals surface area contributed by atoms with Crippen molar-refractivity contribution in [3.05, 3.63) is 0 Å². The topological polar surface area (TPSA) is 75.3 Å². The summed E-state index contributed by atoms with van der Waals surface area (Å²) in [5, 5.41) is 12.1. The van der Waals surface area contributed by atoms with Gasteiger partial charge in [0.25, 0.3) is 0 Å². The maximum atomic E-state index is 11.4. The number of nitrogens with two attached hydrogens (primary N) is 1. The fourth-order valence-electron chi connectivity index (χ4n) is 1.56. The molecule has 0 saturated heterocycles. The zero-order valence-electron chi connectivity index (χ0n) is 9.41. The van der Waals surface area contributed by atoms with E-state index in [0.717, 1.165) is 6.42 Å². The van der Waals surface area contributed by atoms with Crippen molar-refractivity contribution in [2.75, 3.05) is 6.54 Å². The van der Waals surface area contributed by atoms with Crippen LogP contribution in [-0.4, -0.2) is 29.7 Å². The number of hydrogen-bond donors (Lipinski definition) is 3. The normalized spacial score (nSPS) is 19.7. The molecule has 0 aromatic rings. The molecule has 2 unspecified atom stereocenters. The van der Waals surface area contributed by atoms with Gasteiger partial charge in [0.2, 0.25) is 5.91 Å². The second-order valence-corrected chi connectivity index (χ2v) is 4.41. The van der Waals surface area contributed by atoms with Crippen molar-refractivity contribution in [2.45, 2.75) is 51.2 Å². The highest BCUT2D eigenvalue weighted by atomic mass is 16.3. The van der Waals surface area contributed by atoms with Crippen LogP contribution in [0.1, 0.15) is 39.0 Å². The Hall–Kier alpha value is -0.610. The molecule has 0 heterocycles. The summed E-state index contributed by atoms with van der Waals surface area (Å²) in [6.45, 7) is 2.47. The van der Waals surface area contributed by atoms with E-state index in [9.17, 15) is 9.90 Å². The molecule has 1 saturated carbocycles. The fraction of sp³-hybridized carbons (Fsp3) is 0.909. The first kappa shape index (κ1) is 12.5. The van der Waals surface area contributed by atoms with E-state index in [1.807, 2.05) is 6.92 Å². The molecule has 4 N–H and O–H groups in total. The number of rotatable bonds is 7. The molecular weight excluding hydrogens is 192 g/mol. The number of hydrogen-bond acceptors (Lipinski definition) is 3. The van der Waals surface area contributed by atoms with Gasteiger partial charge in [0.05, 0.1) is 6.10 Å². The van der Waals surface area contributed by atoms with Crippen LogP contribution >= 0.6 is 0 Å². The molecule has 4 nitrogen and oxygen atoms in total. The summed E-state index contributed by atoms with van der Waals surface area (Å²) in [6, 6.07) is 0.0288. The Morgan fingerprint density at radius 3 is 2.80 bits per heavy atom. The van der Waals surface area contributed by atoms with Gasteiger partial charge in [-0.2, -0.15) is 0 Å². The Balaban J connectivity index is 2.02. The van der Waals surface area contributed by atoms with Crippen molar-refractivity contribution < 1.29 is 9.90 Å². The highest BCUT2D eigenvalue weighted by molar-refractivity contribution is 5.76. The molecule has 15 heavy (non-hydrogen) atoms. The molecule has 1 fully saturated rings. The second-order valence-electron chi connectivity index (χ2n) is 4.41. The Labute approximate surface area is 91.2 Å². The van der Waals surface area contributed by atoms with Gasteiger partial charge in [-0.15, -0.1) is 0 Å². The minimum absolute atomic E-state index is 0.0118. The number of carbonyl (C=O) groups is 1. The number of nitrogens with one attached hydrogen (secondary N) is 1. The van der Waals surface area contributed by atoms with E-state index >= 15 is 0 Å². The number of amides is 1. The van der Waals surface area contributed by atoms with Crippen LogP contribution in [-0.2, 0) is 4.79 Å². The predicted molar refractivity (Wildman–Crippen MR) is 59.2 cm³/mol. The molecule has 88 valence electrons. The average molecular weight is 214 g/mol. The van der Waals surface area contributed by atoms with Crippen molar-refractivity contribution in [2.24, 2.45) is 11.7 Å². The van der Waals surface area contributed by atoms with E-state index in [0.29, 0.717) is 25.3 Å². The van der Waals surface area contributed by atoms with E-state index in [-0.39, 0.29) is 18.1 Å². The third-order valence-electron chi connectivity index (χ3n) is 2.92. The van der Waals surface area contributed by atoms with Crippen molar-refractivity contribution in [1.29, 1.82) is 0 Å². The van der Waals surface area contributed by atoms with Gasteiger partial charge < -0.3 is 16.2 Å². The Bertz CT molecular complexity index is 205. The average Bonchev–Trinajstić information content (AvgIpc) is 3.00. The highest BCUT2D eigenvalue weighted by Gasteiger charge is 2.29. The molecule has 0 aliphatic heterocycles. The standard InChI is InChI=1S/C11H22N2O2/c1-2-9(14)5-6-13-11(15)7-10(12)8-3-4-8/h8-10,14H,2-7,12H2,1H3,(H,13,15). The molecule has 0 bridgehead atoms. The van der Waals surface area contributed by atoms with Crippen LogP contribution in [0.4, 0.5) is 0 Å². The molecule has 2 atom stereocenters. The zero-order chi connectivity index (χ0) is 11.3. The molecule has 1 aliphatic rings. The number of aliphatic hydroxyl groups is 1. The Morgan fingerprint density at radius 1 is 1.60 bits per heavy atom. The quantitative estimate of drug-likeness (QED) is 0.574. The largest absolute Gasteiger partial charge is 0.393 e. The van der Waals surface area contributed by atoms with Crippen LogP contribution in [0.5, 0.6) is 0 Å². The fourth-order valence-corrected chi connectivity index (χ4v) is 1.56. The number of carbonyl (C=O) groups excluding carboxylic acids is 1. The Morgan fingerprint density at radius 2 is 2.27 bits per heavy atom. The molecular formula is C11H22N2O2. The van der Waals surface area contributed by atoms with Gasteiger partial charge in [0.15, 0.2) is 0 Å². The lowest BCUT2D eigenvalue weighted by molar-refractivity contribution is -0.121. The van der Waals surface area contributed by atoms with Gasteiger partial charge in [-0.25, -0.2) is 0 Å². The summed E-state index contributed by atoms with van der Waals surface area (Å²) in [7, 11) is 0. The van der Waals surface area contributed by atoms with Crippen molar-refractivity contribution in [3.8, 4) is 0 Å². The Kier molecular flexibility index (Phi) is 5.05. The molecule has 0 aromatic carbocycles. The smallest absolute Gasteiger partial charge is 0.221 e. The van der Waals surface area contributed by atoms with Gasteiger partial charge in [-0.3, -0.25) is 4.79 Å². The summed E-state index contributed by atoms with van der Waals surface area (Å²) in [5.41, 5.74) is 5.83. The first-order valence-corrected chi connectivity index (χ1v) is 5.83. The SMILES string of the molecule is CCC(O)CCNC(=O)CC(N)C1CC1. The maximum absolute atomic E-state index is 11.4. The van der Waals surface area contributed by atoms with Crippen LogP contribution in [0.15, 0.2) is 0 Å². The molecule has 1 rings (SSSR count). The van der Waals surface area contributed by atoms with Gasteiger partial charge in [-0.1, -0.05) is 6.92 Å². The van der Waals surface area contributed by atoms with Crippen molar-refractivity contribution in [1.82, 2.24) is 5.32 Å². The van der Waals surface area contributed by atoms with Crippen LogP contribution in [0.2, 0.25) is 0 Å². The molecule has 1 amide bonds. The summed E-state index contributed by atoms with van der Waals surface area (Å²) in [4.78, 5) is 11.4. The van der Waals surface area contributed by atoms with Gasteiger partial charge >= 0.3 is 0 Å². The lowest BCUT2D eigenvalue weighted by Gasteiger charge is -2.11. The van der Waals surface area contributed by atoms with Gasteiger partial charge in [0, 0.05) is 19.0 Å².